The molecule has 2 aromatic carbocycles. The van der Waals surface area contributed by atoms with E-state index in [9.17, 15) is 18.0 Å². The maximum absolute atomic E-state index is 14.4. The molecule has 1 unspecified atom stereocenters. The van der Waals surface area contributed by atoms with Crippen molar-refractivity contribution >= 4 is 40.1 Å². The zero-order valence-corrected chi connectivity index (χ0v) is 16.8. The molecule has 0 radical (unpaired) electrons. The molecule has 0 aliphatic carbocycles. The minimum atomic E-state index is -3.02. The third kappa shape index (κ3) is 4.08. The largest absolute Gasteiger partial charge is 0.406 e. The van der Waals surface area contributed by atoms with E-state index in [0.29, 0.717) is 16.1 Å². The van der Waals surface area contributed by atoms with Crippen LogP contribution in [-0.2, 0) is 4.79 Å². The number of alkyl halides is 2. The molecular formula is C20H14Cl2F3N3O2. The standard InChI is InChI=1S/C20H14Cl2F3N3O2/c21-13-3-1-10(5-14(13)22)12-2-4-15(23)17-16(12)18(28-9-27-17)30-19(29)11-6-20(24,25)8-26-7-11/h1-5,9,11,26H,6-8H2. The van der Waals surface area contributed by atoms with E-state index < -0.39 is 36.6 Å². The summed E-state index contributed by atoms with van der Waals surface area (Å²) in [5.74, 6) is -5.85. The van der Waals surface area contributed by atoms with Gasteiger partial charge in [-0.2, -0.15) is 0 Å². The first-order valence-electron chi connectivity index (χ1n) is 8.94. The lowest BCUT2D eigenvalue weighted by atomic mass is 9.97. The lowest BCUT2D eigenvalue weighted by molar-refractivity contribution is -0.144. The van der Waals surface area contributed by atoms with E-state index in [0.717, 1.165) is 6.33 Å². The fourth-order valence-electron chi connectivity index (χ4n) is 3.37. The van der Waals surface area contributed by atoms with Gasteiger partial charge in [0.05, 0.1) is 27.9 Å². The third-order valence-corrected chi connectivity index (χ3v) is 5.52. The van der Waals surface area contributed by atoms with Crippen molar-refractivity contribution in [2.45, 2.75) is 12.3 Å². The second-order valence-corrected chi connectivity index (χ2v) is 7.75. The molecule has 2 heterocycles. The molecule has 0 amide bonds. The van der Waals surface area contributed by atoms with Gasteiger partial charge in [-0.3, -0.25) is 4.79 Å². The third-order valence-electron chi connectivity index (χ3n) is 4.78. The summed E-state index contributed by atoms with van der Waals surface area (Å²) in [5, 5.41) is 3.25. The lowest BCUT2D eigenvalue weighted by Gasteiger charge is -2.28. The summed E-state index contributed by atoms with van der Waals surface area (Å²) in [6, 6.07) is 7.48. The van der Waals surface area contributed by atoms with Crippen molar-refractivity contribution in [2.75, 3.05) is 13.1 Å². The van der Waals surface area contributed by atoms with Gasteiger partial charge >= 0.3 is 5.97 Å². The molecule has 156 valence electrons. The number of hydrogen-bond acceptors (Lipinski definition) is 5. The molecule has 1 aliphatic heterocycles. The van der Waals surface area contributed by atoms with Gasteiger partial charge in [0.15, 0.2) is 0 Å². The Morgan fingerprint density at radius 2 is 1.97 bits per heavy atom. The molecular weight excluding hydrogens is 442 g/mol. The van der Waals surface area contributed by atoms with Crippen LogP contribution in [0.15, 0.2) is 36.7 Å². The van der Waals surface area contributed by atoms with Gasteiger partial charge < -0.3 is 10.1 Å². The van der Waals surface area contributed by atoms with Gasteiger partial charge in [0, 0.05) is 13.0 Å². The number of aromatic nitrogens is 2. The van der Waals surface area contributed by atoms with Crippen LogP contribution in [-0.4, -0.2) is 34.9 Å². The molecule has 1 saturated heterocycles. The van der Waals surface area contributed by atoms with E-state index in [-0.39, 0.29) is 28.4 Å². The van der Waals surface area contributed by atoms with Gasteiger partial charge in [-0.15, -0.1) is 0 Å². The second-order valence-electron chi connectivity index (χ2n) is 6.94. The van der Waals surface area contributed by atoms with Crippen molar-refractivity contribution in [1.82, 2.24) is 15.3 Å². The van der Waals surface area contributed by atoms with Gasteiger partial charge in [0.25, 0.3) is 5.92 Å². The Labute approximate surface area is 179 Å². The minimum absolute atomic E-state index is 0.0471. The molecule has 0 bridgehead atoms. The van der Waals surface area contributed by atoms with Crippen LogP contribution in [0.4, 0.5) is 13.2 Å². The number of piperidine rings is 1. The number of benzene rings is 2. The average Bonchev–Trinajstić information content (AvgIpc) is 2.70. The molecule has 1 aliphatic rings. The van der Waals surface area contributed by atoms with Crippen LogP contribution in [0.3, 0.4) is 0 Å². The average molecular weight is 456 g/mol. The van der Waals surface area contributed by atoms with Gasteiger partial charge in [0.2, 0.25) is 5.88 Å². The Balaban J connectivity index is 1.78. The van der Waals surface area contributed by atoms with Crippen molar-refractivity contribution in [2.24, 2.45) is 5.92 Å². The van der Waals surface area contributed by atoms with Crippen molar-refractivity contribution in [3.63, 3.8) is 0 Å². The summed E-state index contributed by atoms with van der Waals surface area (Å²) in [4.78, 5) is 20.4. The monoisotopic (exact) mass is 455 g/mol. The molecule has 1 N–H and O–H groups in total. The molecule has 1 atom stereocenters. The Morgan fingerprint density at radius 1 is 1.17 bits per heavy atom. The first-order chi connectivity index (χ1) is 14.2. The number of nitrogens with one attached hydrogen (secondary N) is 1. The highest BCUT2D eigenvalue weighted by atomic mass is 35.5. The number of halogens is 5. The highest BCUT2D eigenvalue weighted by Gasteiger charge is 2.40. The number of fused-ring (bicyclic) bond motifs is 1. The second kappa shape index (κ2) is 8.02. The van der Waals surface area contributed by atoms with Crippen LogP contribution in [0.25, 0.3) is 22.0 Å². The van der Waals surface area contributed by atoms with Crippen LogP contribution in [0.5, 0.6) is 5.88 Å². The summed E-state index contributed by atoms with van der Waals surface area (Å²) < 4.78 is 47.0. The Kier molecular flexibility index (Phi) is 5.57. The smallest absolute Gasteiger partial charge is 0.317 e. The molecule has 4 rings (SSSR count). The van der Waals surface area contributed by atoms with E-state index in [4.69, 9.17) is 27.9 Å². The van der Waals surface area contributed by atoms with E-state index >= 15 is 0 Å². The molecule has 3 aromatic rings. The first-order valence-corrected chi connectivity index (χ1v) is 9.69. The molecule has 1 aromatic heterocycles. The minimum Gasteiger partial charge on any atom is -0.406 e. The highest BCUT2D eigenvalue weighted by Crippen LogP contribution is 2.37. The molecule has 0 spiro atoms. The van der Waals surface area contributed by atoms with Gasteiger partial charge in [-0.25, -0.2) is 23.1 Å². The molecule has 1 fully saturated rings. The quantitative estimate of drug-likeness (QED) is 0.569. The first kappa shape index (κ1) is 20.8. The highest BCUT2D eigenvalue weighted by molar-refractivity contribution is 6.42. The Bertz CT molecular complexity index is 1140. The topological polar surface area (TPSA) is 64.1 Å². The molecule has 30 heavy (non-hydrogen) atoms. The van der Waals surface area contributed by atoms with E-state index in [1.54, 1.807) is 18.2 Å². The summed E-state index contributed by atoms with van der Waals surface area (Å²) in [5.41, 5.74) is 0.927. The van der Waals surface area contributed by atoms with Gasteiger partial charge in [-0.1, -0.05) is 35.3 Å². The van der Waals surface area contributed by atoms with E-state index in [1.165, 1.54) is 12.1 Å². The predicted molar refractivity (Wildman–Crippen MR) is 107 cm³/mol. The predicted octanol–water partition coefficient (Wildman–Crippen LogP) is 4.89. The van der Waals surface area contributed by atoms with Crippen LogP contribution in [0.1, 0.15) is 6.42 Å². The number of hydrogen-bond donors (Lipinski definition) is 1. The number of ether oxygens (including phenoxy) is 1. The summed E-state index contributed by atoms with van der Waals surface area (Å²) in [7, 11) is 0. The zero-order chi connectivity index (χ0) is 21.5. The summed E-state index contributed by atoms with van der Waals surface area (Å²) in [6.45, 7) is -0.453. The number of carbonyl (C=O) groups is 1. The fourth-order valence-corrected chi connectivity index (χ4v) is 3.67. The van der Waals surface area contributed by atoms with Gasteiger partial charge in [0.1, 0.15) is 17.7 Å². The number of carbonyl (C=O) groups excluding carboxylic acids is 1. The maximum Gasteiger partial charge on any atom is 0.317 e. The fraction of sp³-hybridized carbons (Fsp3) is 0.250. The molecule has 10 heteroatoms. The van der Waals surface area contributed by atoms with Gasteiger partial charge in [-0.05, 0) is 29.3 Å². The molecule has 5 nitrogen and oxygen atoms in total. The summed E-state index contributed by atoms with van der Waals surface area (Å²) in [6.07, 6.45) is 0.399. The molecule has 0 saturated carbocycles. The number of nitrogens with zero attached hydrogens (tertiary/aromatic N) is 2. The van der Waals surface area contributed by atoms with E-state index in [2.05, 4.69) is 15.3 Å². The van der Waals surface area contributed by atoms with Crippen molar-refractivity contribution in [3.8, 4) is 17.0 Å². The SMILES string of the molecule is O=C(Oc1ncnc2c(F)ccc(-c3ccc(Cl)c(Cl)c3)c12)C1CNCC(F)(F)C1. The van der Waals surface area contributed by atoms with Crippen LogP contribution in [0, 0.1) is 11.7 Å². The number of esters is 1. The lowest BCUT2D eigenvalue weighted by Crippen LogP contribution is -2.47. The normalized spacial score (nSPS) is 18.4. The number of rotatable bonds is 3. The Hall–Kier alpha value is -2.42. The summed E-state index contributed by atoms with van der Waals surface area (Å²) >= 11 is 12.1. The van der Waals surface area contributed by atoms with Crippen molar-refractivity contribution in [3.05, 3.63) is 52.5 Å². The van der Waals surface area contributed by atoms with Crippen LogP contribution in [0.2, 0.25) is 10.0 Å². The maximum atomic E-state index is 14.4. The van der Waals surface area contributed by atoms with Crippen LogP contribution < -0.4 is 10.1 Å². The van der Waals surface area contributed by atoms with Crippen molar-refractivity contribution in [1.29, 1.82) is 0 Å². The Morgan fingerprint density at radius 3 is 2.70 bits per heavy atom. The van der Waals surface area contributed by atoms with Crippen molar-refractivity contribution < 1.29 is 22.7 Å². The van der Waals surface area contributed by atoms with E-state index in [1.807, 2.05) is 0 Å². The zero-order valence-electron chi connectivity index (χ0n) is 15.3. The van der Waals surface area contributed by atoms with Crippen LogP contribution >= 0.6 is 23.2 Å².